The number of hydrogen-bond acceptors (Lipinski definition) is 5. The molecular weight excluding hydrogens is 454 g/mol. The summed E-state index contributed by atoms with van der Waals surface area (Å²) in [5.41, 5.74) is 1.20. The van der Waals surface area contributed by atoms with Crippen molar-refractivity contribution in [3.63, 3.8) is 0 Å². The molecule has 0 aliphatic carbocycles. The van der Waals surface area contributed by atoms with Gasteiger partial charge in [-0.3, -0.25) is 9.59 Å². The zero-order chi connectivity index (χ0) is 24.2. The van der Waals surface area contributed by atoms with Crippen LogP contribution < -0.4 is 4.74 Å². The monoisotopic (exact) mass is 479 g/mol. The van der Waals surface area contributed by atoms with E-state index in [0.29, 0.717) is 41.4 Å². The number of likely N-dealkylation sites (tertiary alicyclic amines) is 1. The SMILES string of the molecule is CC(C)Oc1ccc(C(O)=C2C(=O)C(=O)N(CCCn3ccnc3)C2c2ccc(Cl)cc2)cc1. The Labute approximate surface area is 203 Å². The standard InChI is InChI=1S/C26H26ClN3O4/c1-17(2)34-21-10-6-19(7-11-21)24(31)22-23(18-4-8-20(27)9-5-18)30(26(33)25(22)32)14-3-13-29-15-12-28-16-29/h4-12,15-17,23,31H,3,13-14H2,1-2H3. The summed E-state index contributed by atoms with van der Waals surface area (Å²) in [4.78, 5) is 31.7. The summed E-state index contributed by atoms with van der Waals surface area (Å²) < 4.78 is 7.57. The van der Waals surface area contributed by atoms with Gasteiger partial charge < -0.3 is 19.3 Å². The lowest BCUT2D eigenvalue weighted by atomic mass is 9.95. The van der Waals surface area contributed by atoms with Crippen molar-refractivity contribution in [2.45, 2.75) is 39.0 Å². The minimum atomic E-state index is -0.716. The number of Topliss-reactive ketones (excluding diaryl/α,β-unsaturated/α-hetero) is 1. The summed E-state index contributed by atoms with van der Waals surface area (Å²) in [5, 5.41) is 11.7. The maximum Gasteiger partial charge on any atom is 0.295 e. The van der Waals surface area contributed by atoms with E-state index in [-0.39, 0.29) is 17.4 Å². The molecular formula is C26H26ClN3O4. The van der Waals surface area contributed by atoms with Crippen molar-refractivity contribution in [1.82, 2.24) is 14.5 Å². The number of hydrogen-bond donors (Lipinski definition) is 1. The molecule has 34 heavy (non-hydrogen) atoms. The molecule has 1 aliphatic heterocycles. The van der Waals surface area contributed by atoms with Gasteiger partial charge in [0.05, 0.1) is 24.0 Å². The van der Waals surface area contributed by atoms with E-state index < -0.39 is 17.7 Å². The van der Waals surface area contributed by atoms with Crippen LogP contribution in [0.2, 0.25) is 5.02 Å². The van der Waals surface area contributed by atoms with Gasteiger partial charge in [-0.15, -0.1) is 0 Å². The van der Waals surface area contributed by atoms with Gasteiger partial charge in [0.25, 0.3) is 11.7 Å². The molecule has 2 heterocycles. The number of carbonyl (C=O) groups excluding carboxylic acids is 2. The van der Waals surface area contributed by atoms with Gasteiger partial charge >= 0.3 is 0 Å². The van der Waals surface area contributed by atoms with E-state index >= 15 is 0 Å². The second-order valence-corrected chi connectivity index (χ2v) is 8.83. The summed E-state index contributed by atoms with van der Waals surface area (Å²) in [5.74, 6) is -0.901. The predicted octanol–water partition coefficient (Wildman–Crippen LogP) is 4.84. The fraction of sp³-hybridized carbons (Fsp3) is 0.269. The number of aryl methyl sites for hydroxylation is 1. The number of halogens is 1. The Morgan fingerprint density at radius 3 is 2.41 bits per heavy atom. The summed E-state index contributed by atoms with van der Waals surface area (Å²) >= 11 is 6.07. The fourth-order valence-corrected chi connectivity index (χ4v) is 4.19. The molecule has 2 aromatic carbocycles. The number of ether oxygens (including phenoxy) is 1. The number of benzene rings is 2. The van der Waals surface area contributed by atoms with Gasteiger partial charge in [-0.2, -0.15) is 0 Å². The lowest BCUT2D eigenvalue weighted by Gasteiger charge is -2.25. The Hall–Kier alpha value is -3.58. The number of rotatable bonds is 8. The van der Waals surface area contributed by atoms with Gasteiger partial charge in [-0.05, 0) is 62.2 Å². The Balaban J connectivity index is 1.69. The molecule has 0 radical (unpaired) electrons. The second kappa shape index (κ2) is 10.1. The lowest BCUT2D eigenvalue weighted by molar-refractivity contribution is -0.139. The van der Waals surface area contributed by atoms with Crippen LogP contribution in [0.4, 0.5) is 0 Å². The molecule has 4 rings (SSSR count). The number of aliphatic hydroxyl groups is 1. The molecule has 1 N–H and O–H groups in total. The van der Waals surface area contributed by atoms with Gasteiger partial charge in [0.2, 0.25) is 0 Å². The van der Waals surface area contributed by atoms with Gasteiger partial charge in [-0.1, -0.05) is 23.7 Å². The van der Waals surface area contributed by atoms with Crippen LogP contribution >= 0.6 is 11.6 Å². The normalized spacial score (nSPS) is 17.5. The molecule has 3 aromatic rings. The van der Waals surface area contributed by atoms with E-state index in [9.17, 15) is 14.7 Å². The molecule has 1 amide bonds. The Kier molecular flexibility index (Phi) is 7.03. The zero-order valence-corrected chi connectivity index (χ0v) is 19.8. The number of amides is 1. The third-order valence-electron chi connectivity index (χ3n) is 5.60. The highest BCUT2D eigenvalue weighted by Gasteiger charge is 2.45. The van der Waals surface area contributed by atoms with Crippen LogP contribution in [-0.2, 0) is 16.1 Å². The first-order valence-electron chi connectivity index (χ1n) is 11.1. The summed E-state index contributed by atoms with van der Waals surface area (Å²) in [6.07, 6.45) is 5.87. The van der Waals surface area contributed by atoms with E-state index in [1.807, 2.05) is 24.6 Å². The minimum Gasteiger partial charge on any atom is -0.507 e. The van der Waals surface area contributed by atoms with Crippen LogP contribution in [-0.4, -0.2) is 43.9 Å². The minimum absolute atomic E-state index is 0.0111. The first-order chi connectivity index (χ1) is 16.3. The van der Waals surface area contributed by atoms with Gasteiger partial charge in [0.15, 0.2) is 0 Å². The lowest BCUT2D eigenvalue weighted by Crippen LogP contribution is -2.31. The maximum atomic E-state index is 13.1. The number of carbonyl (C=O) groups is 2. The summed E-state index contributed by atoms with van der Waals surface area (Å²) in [6, 6.07) is 13.1. The topological polar surface area (TPSA) is 84.7 Å². The van der Waals surface area contributed by atoms with Crippen LogP contribution in [0, 0.1) is 0 Å². The van der Waals surface area contributed by atoms with Crippen LogP contribution in [0.5, 0.6) is 5.75 Å². The van der Waals surface area contributed by atoms with Crippen LogP contribution in [0.25, 0.3) is 5.76 Å². The number of nitrogens with zero attached hydrogens (tertiary/aromatic N) is 3. The third kappa shape index (κ3) is 4.99. The average Bonchev–Trinajstić information content (AvgIpc) is 3.42. The van der Waals surface area contributed by atoms with E-state index in [0.717, 1.165) is 0 Å². The van der Waals surface area contributed by atoms with E-state index in [1.165, 1.54) is 4.90 Å². The maximum absolute atomic E-state index is 13.1. The number of aromatic nitrogens is 2. The van der Waals surface area contributed by atoms with Crippen LogP contribution in [0.1, 0.15) is 37.4 Å². The molecule has 1 aliphatic rings. The molecule has 1 unspecified atom stereocenters. The fourth-order valence-electron chi connectivity index (χ4n) is 4.06. The van der Waals surface area contributed by atoms with Crippen molar-refractivity contribution in [2.24, 2.45) is 0 Å². The highest BCUT2D eigenvalue weighted by Crippen LogP contribution is 2.40. The molecule has 1 aromatic heterocycles. The van der Waals surface area contributed by atoms with Crippen molar-refractivity contribution >= 4 is 29.1 Å². The van der Waals surface area contributed by atoms with Crippen molar-refractivity contribution in [2.75, 3.05) is 6.54 Å². The number of aliphatic hydroxyl groups excluding tert-OH is 1. The average molecular weight is 480 g/mol. The smallest absolute Gasteiger partial charge is 0.295 e. The molecule has 1 saturated heterocycles. The molecule has 1 atom stereocenters. The van der Waals surface area contributed by atoms with Gasteiger partial charge in [0.1, 0.15) is 11.5 Å². The van der Waals surface area contributed by atoms with E-state index in [4.69, 9.17) is 16.3 Å². The van der Waals surface area contributed by atoms with Crippen molar-refractivity contribution in [3.05, 3.63) is 89.0 Å². The van der Waals surface area contributed by atoms with Crippen LogP contribution in [0.3, 0.4) is 0 Å². The van der Waals surface area contributed by atoms with Gasteiger partial charge in [0, 0.05) is 36.1 Å². The first-order valence-corrected chi connectivity index (χ1v) is 11.5. The molecule has 176 valence electrons. The highest BCUT2D eigenvalue weighted by molar-refractivity contribution is 6.46. The van der Waals surface area contributed by atoms with Crippen molar-refractivity contribution in [1.29, 1.82) is 0 Å². The summed E-state index contributed by atoms with van der Waals surface area (Å²) in [7, 11) is 0. The Bertz CT molecular complexity index is 1190. The van der Waals surface area contributed by atoms with Gasteiger partial charge in [-0.25, -0.2) is 4.98 Å². The first kappa shape index (κ1) is 23.6. The molecule has 1 fully saturated rings. The summed E-state index contributed by atoms with van der Waals surface area (Å²) in [6.45, 7) is 4.84. The Morgan fingerprint density at radius 1 is 1.09 bits per heavy atom. The molecule has 0 bridgehead atoms. The quantitative estimate of drug-likeness (QED) is 0.284. The molecule has 7 nitrogen and oxygen atoms in total. The number of ketones is 1. The van der Waals surface area contributed by atoms with E-state index in [2.05, 4.69) is 4.98 Å². The largest absolute Gasteiger partial charge is 0.507 e. The highest BCUT2D eigenvalue weighted by atomic mass is 35.5. The Morgan fingerprint density at radius 2 is 1.79 bits per heavy atom. The molecule has 8 heteroatoms. The molecule has 0 spiro atoms. The van der Waals surface area contributed by atoms with E-state index in [1.54, 1.807) is 61.1 Å². The number of imidazole rings is 1. The third-order valence-corrected chi connectivity index (χ3v) is 5.85. The predicted molar refractivity (Wildman–Crippen MR) is 130 cm³/mol. The zero-order valence-electron chi connectivity index (χ0n) is 19.0. The van der Waals surface area contributed by atoms with Crippen molar-refractivity contribution < 1.29 is 19.4 Å². The van der Waals surface area contributed by atoms with Crippen molar-refractivity contribution in [3.8, 4) is 5.75 Å². The second-order valence-electron chi connectivity index (χ2n) is 8.39. The molecule has 0 saturated carbocycles. The van der Waals surface area contributed by atoms with Crippen LogP contribution in [0.15, 0.2) is 72.8 Å².